The first-order valence-corrected chi connectivity index (χ1v) is 5.05. The summed E-state index contributed by atoms with van der Waals surface area (Å²) in [5, 5.41) is 0. The molecule has 0 N–H and O–H groups in total. The number of unbranched alkanes of at least 4 members (excludes halogenated alkanes) is 1. The van der Waals surface area contributed by atoms with Crippen LogP contribution in [0.25, 0.3) is 0 Å². The van der Waals surface area contributed by atoms with E-state index in [0.29, 0.717) is 12.3 Å². The lowest BCUT2D eigenvalue weighted by molar-refractivity contribution is -0.130. The first kappa shape index (κ1) is 11.8. The molecule has 0 spiro atoms. The van der Waals surface area contributed by atoms with Gasteiger partial charge in [-0.2, -0.15) is 0 Å². The number of hydrogen-bond donors (Lipinski definition) is 0. The summed E-state index contributed by atoms with van der Waals surface area (Å²) in [6.07, 6.45) is 3.52. The van der Waals surface area contributed by atoms with Gasteiger partial charge in [-0.3, -0.25) is 4.79 Å². The van der Waals surface area contributed by atoms with Gasteiger partial charge >= 0.3 is 0 Å². The molecule has 3 heteroatoms. The minimum Gasteiger partial charge on any atom is -0.346 e. The lowest BCUT2D eigenvalue weighted by Crippen LogP contribution is -2.26. The van der Waals surface area contributed by atoms with E-state index in [-0.39, 0.29) is 5.91 Å². The molecule has 12 heavy (non-hydrogen) atoms. The third kappa shape index (κ3) is 5.42. The summed E-state index contributed by atoms with van der Waals surface area (Å²) in [6.45, 7) is 2.93. The van der Waals surface area contributed by atoms with Gasteiger partial charge < -0.3 is 4.90 Å². The van der Waals surface area contributed by atoms with E-state index in [0.717, 1.165) is 25.8 Å². The number of nitrogens with zero attached hydrogens (tertiary/aromatic N) is 1. The molecule has 0 fully saturated rings. The van der Waals surface area contributed by atoms with Crippen LogP contribution >= 0.6 is 11.6 Å². The Labute approximate surface area is 79.9 Å². The van der Waals surface area contributed by atoms with Crippen molar-refractivity contribution in [2.75, 3.05) is 19.5 Å². The van der Waals surface area contributed by atoms with Gasteiger partial charge in [0, 0.05) is 25.9 Å². The molecule has 0 rings (SSSR count). The molecule has 0 aliphatic heterocycles. The van der Waals surface area contributed by atoms with E-state index in [4.69, 9.17) is 11.6 Å². The molecule has 0 unspecified atom stereocenters. The fraction of sp³-hybridized carbons (Fsp3) is 0.889. The first-order valence-electron chi connectivity index (χ1n) is 4.52. The van der Waals surface area contributed by atoms with Gasteiger partial charge in [0.25, 0.3) is 0 Å². The molecule has 0 aliphatic rings. The molecule has 72 valence electrons. The summed E-state index contributed by atoms with van der Waals surface area (Å²) >= 11 is 5.50. The number of carbonyl (C=O) groups excluding carboxylic acids is 1. The van der Waals surface area contributed by atoms with Crippen LogP contribution in [0.3, 0.4) is 0 Å². The van der Waals surface area contributed by atoms with Gasteiger partial charge in [0.05, 0.1) is 0 Å². The van der Waals surface area contributed by atoms with Crippen LogP contribution in [0, 0.1) is 0 Å². The van der Waals surface area contributed by atoms with E-state index in [1.54, 1.807) is 4.90 Å². The Kier molecular flexibility index (Phi) is 7.26. The number of halogens is 1. The van der Waals surface area contributed by atoms with E-state index in [1.165, 1.54) is 0 Å². The Bertz CT molecular complexity index is 128. The topological polar surface area (TPSA) is 20.3 Å². The normalized spacial score (nSPS) is 9.92. The largest absolute Gasteiger partial charge is 0.346 e. The van der Waals surface area contributed by atoms with Crippen molar-refractivity contribution in [2.24, 2.45) is 0 Å². The molecule has 0 aliphatic carbocycles. The number of carbonyl (C=O) groups is 1. The van der Waals surface area contributed by atoms with Crippen molar-refractivity contribution in [1.29, 1.82) is 0 Å². The Morgan fingerprint density at radius 3 is 2.58 bits per heavy atom. The van der Waals surface area contributed by atoms with E-state index >= 15 is 0 Å². The highest BCUT2D eigenvalue weighted by atomic mass is 35.5. The monoisotopic (exact) mass is 191 g/mol. The summed E-state index contributed by atoms with van der Waals surface area (Å²) in [7, 11) is 1.85. The van der Waals surface area contributed by atoms with Gasteiger partial charge in [0.2, 0.25) is 5.91 Å². The van der Waals surface area contributed by atoms with Crippen LogP contribution in [0.15, 0.2) is 0 Å². The van der Waals surface area contributed by atoms with Crippen LogP contribution in [-0.2, 0) is 4.79 Å². The summed E-state index contributed by atoms with van der Waals surface area (Å²) < 4.78 is 0. The van der Waals surface area contributed by atoms with Crippen molar-refractivity contribution in [1.82, 2.24) is 4.90 Å². The average Bonchev–Trinajstić information content (AvgIpc) is 2.05. The molecule has 0 radical (unpaired) electrons. The molecule has 0 heterocycles. The second-order valence-electron chi connectivity index (χ2n) is 2.96. The third-order valence-corrected chi connectivity index (χ3v) is 2.03. The van der Waals surface area contributed by atoms with Crippen molar-refractivity contribution in [3.63, 3.8) is 0 Å². The van der Waals surface area contributed by atoms with Gasteiger partial charge in [-0.05, 0) is 19.3 Å². The molecular weight excluding hydrogens is 174 g/mol. The Morgan fingerprint density at radius 2 is 2.08 bits per heavy atom. The van der Waals surface area contributed by atoms with Crippen LogP contribution in [-0.4, -0.2) is 30.3 Å². The molecule has 0 aromatic heterocycles. The predicted molar refractivity (Wildman–Crippen MR) is 52.5 cm³/mol. The van der Waals surface area contributed by atoms with Crippen molar-refractivity contribution >= 4 is 17.5 Å². The standard InChI is InChI=1S/C9H18ClNO/c1-3-8-11(2)9(12)6-4-5-7-10/h3-8H2,1-2H3. The minimum absolute atomic E-state index is 0.238. The maximum atomic E-state index is 11.3. The van der Waals surface area contributed by atoms with Crippen LogP contribution in [0.1, 0.15) is 32.6 Å². The lowest BCUT2D eigenvalue weighted by atomic mass is 10.2. The lowest BCUT2D eigenvalue weighted by Gasteiger charge is -2.15. The molecule has 0 bridgehead atoms. The molecule has 0 aromatic rings. The fourth-order valence-electron chi connectivity index (χ4n) is 1.02. The van der Waals surface area contributed by atoms with Crippen LogP contribution in [0.5, 0.6) is 0 Å². The predicted octanol–water partition coefficient (Wildman–Crippen LogP) is 2.26. The van der Waals surface area contributed by atoms with Crippen LogP contribution < -0.4 is 0 Å². The zero-order valence-electron chi connectivity index (χ0n) is 7.98. The van der Waals surface area contributed by atoms with Gasteiger partial charge in [-0.15, -0.1) is 11.6 Å². The van der Waals surface area contributed by atoms with Gasteiger partial charge in [-0.25, -0.2) is 0 Å². The Hall–Kier alpha value is -0.240. The number of amides is 1. The Balaban J connectivity index is 3.43. The zero-order chi connectivity index (χ0) is 9.40. The molecule has 2 nitrogen and oxygen atoms in total. The van der Waals surface area contributed by atoms with Crippen LogP contribution in [0.2, 0.25) is 0 Å². The van der Waals surface area contributed by atoms with Gasteiger partial charge in [0.15, 0.2) is 0 Å². The SMILES string of the molecule is CCCN(C)C(=O)CCCCCl. The maximum Gasteiger partial charge on any atom is 0.222 e. The molecule has 0 saturated heterocycles. The summed E-state index contributed by atoms with van der Waals surface area (Å²) in [4.78, 5) is 13.1. The van der Waals surface area contributed by atoms with E-state index in [1.807, 2.05) is 7.05 Å². The van der Waals surface area contributed by atoms with Gasteiger partial charge in [0.1, 0.15) is 0 Å². The number of rotatable bonds is 6. The smallest absolute Gasteiger partial charge is 0.222 e. The molecule has 0 saturated carbocycles. The molecular formula is C9H18ClNO. The van der Waals surface area contributed by atoms with Crippen LogP contribution in [0.4, 0.5) is 0 Å². The summed E-state index contributed by atoms with van der Waals surface area (Å²) in [5.74, 6) is 0.895. The van der Waals surface area contributed by atoms with E-state index in [9.17, 15) is 4.79 Å². The molecule has 0 aromatic carbocycles. The third-order valence-electron chi connectivity index (χ3n) is 1.76. The van der Waals surface area contributed by atoms with Crippen molar-refractivity contribution in [3.8, 4) is 0 Å². The highest BCUT2D eigenvalue weighted by Gasteiger charge is 2.05. The zero-order valence-corrected chi connectivity index (χ0v) is 8.73. The minimum atomic E-state index is 0.238. The molecule has 0 atom stereocenters. The second kappa shape index (κ2) is 7.41. The number of alkyl halides is 1. The van der Waals surface area contributed by atoms with Crippen molar-refractivity contribution < 1.29 is 4.79 Å². The fourth-order valence-corrected chi connectivity index (χ4v) is 1.21. The van der Waals surface area contributed by atoms with E-state index in [2.05, 4.69) is 6.92 Å². The van der Waals surface area contributed by atoms with Crippen molar-refractivity contribution in [2.45, 2.75) is 32.6 Å². The van der Waals surface area contributed by atoms with Crippen molar-refractivity contribution in [3.05, 3.63) is 0 Å². The average molecular weight is 192 g/mol. The maximum absolute atomic E-state index is 11.3. The first-order chi connectivity index (χ1) is 5.72. The highest BCUT2D eigenvalue weighted by molar-refractivity contribution is 6.17. The molecule has 1 amide bonds. The summed E-state index contributed by atoms with van der Waals surface area (Å²) in [5.41, 5.74) is 0. The highest BCUT2D eigenvalue weighted by Crippen LogP contribution is 2.00. The Morgan fingerprint density at radius 1 is 1.42 bits per heavy atom. The number of hydrogen-bond acceptors (Lipinski definition) is 1. The second-order valence-corrected chi connectivity index (χ2v) is 3.34. The van der Waals surface area contributed by atoms with Gasteiger partial charge in [-0.1, -0.05) is 6.92 Å². The van der Waals surface area contributed by atoms with E-state index < -0.39 is 0 Å². The quantitative estimate of drug-likeness (QED) is 0.466. The summed E-state index contributed by atoms with van der Waals surface area (Å²) in [6, 6.07) is 0.